The molecule has 108 valence electrons. The molecule has 0 radical (unpaired) electrons. The maximum Gasteiger partial charge on any atom is 0.305 e. The molecule has 1 atom stereocenters. The average Bonchev–Trinajstić information content (AvgIpc) is 2.45. The average molecular weight is 297 g/mol. The van der Waals surface area contributed by atoms with Gasteiger partial charge in [0.25, 0.3) is 0 Å². The molecule has 1 aromatic carbocycles. The lowest BCUT2D eigenvalue weighted by molar-refractivity contribution is -0.140. The molecule has 0 N–H and O–H groups in total. The third-order valence-electron chi connectivity index (χ3n) is 3.67. The molecule has 0 saturated heterocycles. The molecular weight excluding hydrogens is 280 g/mol. The van der Waals surface area contributed by atoms with Gasteiger partial charge in [-0.3, -0.25) is 9.59 Å². The second-order valence-electron chi connectivity index (χ2n) is 4.92. The maximum atomic E-state index is 12.3. The van der Waals surface area contributed by atoms with Gasteiger partial charge in [0.05, 0.1) is 19.8 Å². The van der Waals surface area contributed by atoms with E-state index in [0.29, 0.717) is 42.0 Å². The van der Waals surface area contributed by atoms with Crippen molar-refractivity contribution < 1.29 is 19.1 Å². The van der Waals surface area contributed by atoms with E-state index in [-0.39, 0.29) is 17.7 Å². The molecule has 0 spiro atoms. The van der Waals surface area contributed by atoms with Gasteiger partial charge in [-0.1, -0.05) is 11.6 Å². The number of Topliss-reactive ketones (excluding diaryl/α,β-unsaturated/α-hetero) is 1. The summed E-state index contributed by atoms with van der Waals surface area (Å²) in [5.74, 6) is 0.472. The fourth-order valence-electron chi connectivity index (χ4n) is 2.63. The van der Waals surface area contributed by atoms with Crippen LogP contribution < -0.4 is 4.74 Å². The Labute approximate surface area is 123 Å². The van der Waals surface area contributed by atoms with Gasteiger partial charge >= 0.3 is 5.97 Å². The van der Waals surface area contributed by atoms with Gasteiger partial charge in [0.1, 0.15) is 5.75 Å². The van der Waals surface area contributed by atoms with Gasteiger partial charge in [-0.15, -0.1) is 0 Å². The summed E-state index contributed by atoms with van der Waals surface area (Å²) in [7, 11) is 2.91. The van der Waals surface area contributed by atoms with Crippen molar-refractivity contribution in [3.63, 3.8) is 0 Å². The molecule has 0 aromatic heterocycles. The Morgan fingerprint density at radius 3 is 2.75 bits per heavy atom. The van der Waals surface area contributed by atoms with Crippen LogP contribution in [0.5, 0.6) is 5.75 Å². The number of methoxy groups -OCH3 is 2. The van der Waals surface area contributed by atoms with E-state index in [1.807, 2.05) is 0 Å². The van der Waals surface area contributed by atoms with Crippen molar-refractivity contribution >= 4 is 23.4 Å². The Hall–Kier alpha value is -1.55. The molecule has 20 heavy (non-hydrogen) atoms. The summed E-state index contributed by atoms with van der Waals surface area (Å²) in [5.41, 5.74) is 1.42. The lowest BCUT2D eigenvalue weighted by atomic mass is 9.80. The molecule has 0 heterocycles. The maximum absolute atomic E-state index is 12.3. The van der Waals surface area contributed by atoms with Crippen molar-refractivity contribution in [3.05, 3.63) is 28.3 Å². The number of carbonyl (C=O) groups is 2. The second-order valence-corrected chi connectivity index (χ2v) is 5.32. The summed E-state index contributed by atoms with van der Waals surface area (Å²) in [6.07, 6.45) is 2.06. The molecule has 1 aliphatic carbocycles. The number of ketones is 1. The fraction of sp³-hybridized carbons (Fsp3) is 0.467. The zero-order chi connectivity index (χ0) is 14.7. The number of hydrogen-bond acceptors (Lipinski definition) is 4. The highest BCUT2D eigenvalue weighted by atomic mass is 35.5. The summed E-state index contributed by atoms with van der Waals surface area (Å²) in [6, 6.07) is 3.46. The van der Waals surface area contributed by atoms with Crippen LogP contribution in [0.15, 0.2) is 12.1 Å². The fourth-order valence-corrected chi connectivity index (χ4v) is 2.86. The molecule has 0 amide bonds. The van der Waals surface area contributed by atoms with Crippen LogP contribution in [0.3, 0.4) is 0 Å². The van der Waals surface area contributed by atoms with Gasteiger partial charge in [0.15, 0.2) is 5.78 Å². The Balaban J connectivity index is 2.21. The monoisotopic (exact) mass is 296 g/mol. The molecule has 0 saturated carbocycles. The molecule has 1 unspecified atom stereocenters. The van der Waals surface area contributed by atoms with E-state index in [9.17, 15) is 9.59 Å². The Kier molecular flexibility index (Phi) is 4.65. The molecule has 5 heteroatoms. The first-order valence-electron chi connectivity index (χ1n) is 6.52. The van der Waals surface area contributed by atoms with Crippen LogP contribution in [0.25, 0.3) is 0 Å². The molecule has 0 fully saturated rings. The van der Waals surface area contributed by atoms with Crippen LogP contribution in [0.1, 0.15) is 35.2 Å². The first kappa shape index (κ1) is 14.9. The van der Waals surface area contributed by atoms with Crippen LogP contribution in [0.4, 0.5) is 0 Å². The van der Waals surface area contributed by atoms with E-state index in [0.717, 1.165) is 5.56 Å². The standard InChI is InChI=1S/C15H17ClO4/c1-19-13-5-4-11(16)10-7-9(3-6-14(18)20-2)8-12(17)15(10)13/h4-5,9H,3,6-8H2,1-2H3. The lowest BCUT2D eigenvalue weighted by Gasteiger charge is -2.25. The van der Waals surface area contributed by atoms with Gasteiger partial charge < -0.3 is 9.47 Å². The second kappa shape index (κ2) is 6.27. The summed E-state index contributed by atoms with van der Waals surface area (Å²) in [6.45, 7) is 0. The Morgan fingerprint density at radius 1 is 1.35 bits per heavy atom. The van der Waals surface area contributed by atoms with Gasteiger partial charge in [0.2, 0.25) is 0 Å². The predicted molar refractivity (Wildman–Crippen MR) is 75.4 cm³/mol. The van der Waals surface area contributed by atoms with Crippen LogP contribution in [0, 0.1) is 5.92 Å². The Morgan fingerprint density at radius 2 is 2.10 bits per heavy atom. The van der Waals surface area contributed by atoms with Gasteiger partial charge in [0, 0.05) is 17.9 Å². The molecular formula is C15H17ClO4. The minimum Gasteiger partial charge on any atom is -0.496 e. The van der Waals surface area contributed by atoms with Crippen molar-refractivity contribution in [2.24, 2.45) is 5.92 Å². The highest BCUT2D eigenvalue weighted by molar-refractivity contribution is 6.32. The number of esters is 1. The van der Waals surface area contributed by atoms with Crippen LogP contribution >= 0.6 is 11.6 Å². The van der Waals surface area contributed by atoms with Crippen LogP contribution in [-0.4, -0.2) is 26.0 Å². The minimum atomic E-state index is -0.250. The summed E-state index contributed by atoms with van der Waals surface area (Å²) in [4.78, 5) is 23.5. The van der Waals surface area contributed by atoms with E-state index in [1.165, 1.54) is 7.11 Å². The van der Waals surface area contributed by atoms with Gasteiger partial charge in [-0.2, -0.15) is 0 Å². The zero-order valence-corrected chi connectivity index (χ0v) is 12.3. The number of benzene rings is 1. The highest BCUT2D eigenvalue weighted by Gasteiger charge is 2.29. The number of rotatable bonds is 4. The lowest BCUT2D eigenvalue weighted by Crippen LogP contribution is -2.22. The van der Waals surface area contributed by atoms with Crippen molar-refractivity contribution in [2.75, 3.05) is 14.2 Å². The topological polar surface area (TPSA) is 52.6 Å². The molecule has 0 bridgehead atoms. The number of hydrogen-bond donors (Lipinski definition) is 0. The Bertz CT molecular complexity index is 539. The minimum absolute atomic E-state index is 0.0282. The van der Waals surface area contributed by atoms with E-state index < -0.39 is 0 Å². The third kappa shape index (κ3) is 2.96. The smallest absolute Gasteiger partial charge is 0.305 e. The van der Waals surface area contributed by atoms with E-state index in [4.69, 9.17) is 16.3 Å². The zero-order valence-electron chi connectivity index (χ0n) is 11.6. The van der Waals surface area contributed by atoms with Crippen molar-refractivity contribution in [2.45, 2.75) is 25.7 Å². The number of fused-ring (bicyclic) bond motifs is 1. The number of ether oxygens (including phenoxy) is 2. The number of halogens is 1. The molecule has 2 rings (SSSR count). The molecule has 0 aliphatic heterocycles. The number of carbonyl (C=O) groups excluding carboxylic acids is 2. The van der Waals surface area contributed by atoms with Gasteiger partial charge in [-0.05, 0) is 36.5 Å². The quantitative estimate of drug-likeness (QED) is 0.801. The largest absolute Gasteiger partial charge is 0.496 e. The molecule has 1 aliphatic rings. The van der Waals surface area contributed by atoms with Crippen molar-refractivity contribution in [1.82, 2.24) is 0 Å². The van der Waals surface area contributed by atoms with E-state index >= 15 is 0 Å². The summed E-state index contributed by atoms with van der Waals surface area (Å²) in [5, 5.41) is 0.580. The first-order valence-corrected chi connectivity index (χ1v) is 6.90. The summed E-state index contributed by atoms with van der Waals surface area (Å²) < 4.78 is 9.86. The van der Waals surface area contributed by atoms with E-state index in [2.05, 4.69) is 4.74 Å². The highest BCUT2D eigenvalue weighted by Crippen LogP contribution is 2.37. The molecule has 1 aromatic rings. The van der Waals surface area contributed by atoms with Gasteiger partial charge in [-0.25, -0.2) is 0 Å². The van der Waals surface area contributed by atoms with Crippen molar-refractivity contribution in [3.8, 4) is 5.75 Å². The van der Waals surface area contributed by atoms with Crippen LogP contribution in [0.2, 0.25) is 5.02 Å². The first-order chi connectivity index (χ1) is 9.56. The van der Waals surface area contributed by atoms with E-state index in [1.54, 1.807) is 19.2 Å². The third-order valence-corrected chi connectivity index (χ3v) is 4.02. The van der Waals surface area contributed by atoms with Crippen molar-refractivity contribution in [1.29, 1.82) is 0 Å². The summed E-state index contributed by atoms with van der Waals surface area (Å²) >= 11 is 6.19. The SMILES string of the molecule is COC(=O)CCC1CC(=O)c2c(OC)ccc(Cl)c2C1. The van der Waals surface area contributed by atoms with Crippen LogP contribution in [-0.2, 0) is 16.0 Å². The normalized spacial score (nSPS) is 17.6. The molecule has 4 nitrogen and oxygen atoms in total. The predicted octanol–water partition coefficient (Wildman–Crippen LogP) is 3.05.